The van der Waals surface area contributed by atoms with E-state index in [1.807, 2.05) is 107 Å². The molecule has 5 rings (SSSR count). The van der Waals surface area contributed by atoms with E-state index in [-0.39, 0.29) is 0 Å². The van der Waals surface area contributed by atoms with E-state index in [0.29, 0.717) is 0 Å². The molecule has 0 N–H and O–H groups in total. The molecule has 5 aromatic rings. The first kappa shape index (κ1) is 17.9. The molecule has 1 aromatic heterocycles. The van der Waals surface area contributed by atoms with Crippen LogP contribution in [0.25, 0.3) is 33.6 Å². The van der Waals surface area contributed by atoms with E-state index in [2.05, 4.69) is 24.3 Å². The molecule has 0 saturated carbocycles. The van der Waals surface area contributed by atoms with Crippen molar-refractivity contribution in [2.45, 2.75) is 0 Å². The van der Waals surface area contributed by atoms with E-state index in [9.17, 15) is 0 Å². The minimum Gasteiger partial charge on any atom is -0.271 e. The van der Waals surface area contributed by atoms with Crippen LogP contribution in [0, 0.1) is 0 Å². The van der Waals surface area contributed by atoms with Crippen LogP contribution in [0.2, 0.25) is 0 Å². The van der Waals surface area contributed by atoms with Gasteiger partial charge in [-0.05, 0) is 10.8 Å². The molecule has 4 nitrogen and oxygen atoms in total. The molecule has 0 unspecified atom stereocenters. The predicted octanol–water partition coefficient (Wildman–Crippen LogP) is 5.96. The van der Waals surface area contributed by atoms with Crippen molar-refractivity contribution in [3.63, 3.8) is 0 Å². The Balaban J connectivity index is 1.80. The molecular weight excluding hydrogens is 368 g/mol. The number of nitrogens with zero attached hydrogens (tertiary/aromatic N) is 4. The molecule has 4 heteroatoms. The van der Waals surface area contributed by atoms with Gasteiger partial charge in [0.05, 0.1) is 0 Å². The quantitative estimate of drug-likeness (QED) is 0.342. The third-order valence-electron chi connectivity index (χ3n) is 4.85. The summed E-state index contributed by atoms with van der Waals surface area (Å²) in [6.07, 6.45) is 0. The molecule has 0 aliphatic carbocycles. The van der Waals surface area contributed by atoms with Crippen molar-refractivity contribution in [1.82, 2.24) is 9.90 Å². The fourth-order valence-electron chi connectivity index (χ4n) is 3.44. The first-order valence-electron chi connectivity index (χ1n) is 9.89. The fourth-order valence-corrected chi connectivity index (χ4v) is 3.44. The first-order chi connectivity index (χ1) is 14.9. The molecule has 0 bridgehead atoms. The number of rotatable bonds is 5. The molecule has 1 heterocycles. The van der Waals surface area contributed by atoms with Gasteiger partial charge in [-0.1, -0.05) is 121 Å². The lowest BCUT2D eigenvalue weighted by atomic mass is 10.1. The van der Waals surface area contributed by atoms with Gasteiger partial charge in [-0.2, -0.15) is 4.79 Å². The summed E-state index contributed by atoms with van der Waals surface area (Å²) >= 11 is 0. The molecule has 144 valence electrons. The van der Waals surface area contributed by atoms with Gasteiger partial charge in [-0.25, -0.2) is 0 Å². The number of aromatic nitrogens is 3. The Morgan fingerprint density at radius 3 is 1.67 bits per heavy atom. The van der Waals surface area contributed by atoms with Crippen molar-refractivity contribution in [2.24, 2.45) is 0 Å². The lowest BCUT2D eigenvalue weighted by Gasteiger charge is -2.16. The highest BCUT2D eigenvalue weighted by atomic mass is 15.7. The topological polar surface area (TPSA) is 35.8 Å². The average Bonchev–Trinajstić information content (AvgIpc) is 3.20. The Labute approximate surface area is 175 Å². The van der Waals surface area contributed by atoms with Crippen molar-refractivity contribution in [1.29, 1.82) is 0 Å². The smallest absolute Gasteiger partial charge is 0.234 e. The van der Waals surface area contributed by atoms with Crippen LogP contribution >= 0.6 is 0 Å². The van der Waals surface area contributed by atoms with E-state index in [1.54, 1.807) is 0 Å². The lowest BCUT2D eigenvalue weighted by Crippen LogP contribution is -2.40. The molecule has 0 aliphatic rings. The summed E-state index contributed by atoms with van der Waals surface area (Å²) < 4.78 is 0. The molecule has 30 heavy (non-hydrogen) atoms. The van der Waals surface area contributed by atoms with E-state index in [4.69, 9.17) is 10.5 Å². The predicted molar refractivity (Wildman–Crippen MR) is 119 cm³/mol. The van der Waals surface area contributed by atoms with Gasteiger partial charge in [0, 0.05) is 16.8 Å². The third kappa shape index (κ3) is 3.47. The summed E-state index contributed by atoms with van der Waals surface area (Å²) in [7, 11) is 0. The summed E-state index contributed by atoms with van der Waals surface area (Å²) in [5.74, 6) is 0. The highest BCUT2D eigenvalue weighted by Gasteiger charge is 2.24. The molecular formula is C26H20N4. The van der Waals surface area contributed by atoms with Crippen LogP contribution in [-0.2, 0) is 0 Å². The van der Waals surface area contributed by atoms with Crippen LogP contribution in [0.1, 0.15) is 0 Å². The number of benzene rings is 4. The van der Waals surface area contributed by atoms with Gasteiger partial charge < -0.3 is 0 Å². The maximum Gasteiger partial charge on any atom is 0.234 e. The van der Waals surface area contributed by atoms with Gasteiger partial charge >= 0.3 is 0 Å². The van der Waals surface area contributed by atoms with Gasteiger partial charge in [0.1, 0.15) is 0 Å². The fraction of sp³-hybridized carbons (Fsp3) is 0. The molecule has 0 aliphatic heterocycles. The van der Waals surface area contributed by atoms with Crippen LogP contribution in [0.4, 0.5) is 5.69 Å². The summed E-state index contributed by atoms with van der Waals surface area (Å²) in [5, 5.41) is 5.01. The second kappa shape index (κ2) is 8.05. The minimum absolute atomic E-state index is 0.858. The molecule has 0 amide bonds. The second-order valence-corrected chi connectivity index (χ2v) is 6.88. The zero-order chi connectivity index (χ0) is 20.2. The summed E-state index contributed by atoms with van der Waals surface area (Å²) in [4.78, 5) is 3.75. The number of hydrogen-bond acceptors (Lipinski definition) is 1. The molecule has 0 radical (unpaired) electrons. The second-order valence-electron chi connectivity index (χ2n) is 6.88. The van der Waals surface area contributed by atoms with Gasteiger partial charge in [-0.3, -0.25) is 5.43 Å². The van der Waals surface area contributed by atoms with E-state index in [1.165, 1.54) is 0 Å². The molecule has 4 aromatic carbocycles. The Morgan fingerprint density at radius 2 is 1.07 bits per heavy atom. The Morgan fingerprint density at radius 1 is 0.567 bits per heavy atom. The van der Waals surface area contributed by atoms with Gasteiger partial charge in [0.2, 0.25) is 5.69 Å². The maximum absolute atomic E-state index is 5.01. The van der Waals surface area contributed by atoms with Crippen molar-refractivity contribution in [3.8, 4) is 28.2 Å². The van der Waals surface area contributed by atoms with Crippen LogP contribution in [-0.4, -0.2) is 9.90 Å². The third-order valence-corrected chi connectivity index (χ3v) is 4.85. The number of hydrogen-bond donors (Lipinski definition) is 0. The Bertz CT molecular complexity index is 1230. The normalized spacial score (nSPS) is 10.7. The zero-order valence-corrected chi connectivity index (χ0v) is 16.3. The SMILES string of the molecule is c1ccc([N-][n+]2c(-c3ccccc3)c(-c3ccccc3)nn2-c2ccccc2)cc1. The lowest BCUT2D eigenvalue weighted by molar-refractivity contribution is -0.690. The van der Waals surface area contributed by atoms with E-state index < -0.39 is 0 Å². The Hall–Kier alpha value is -4.18. The van der Waals surface area contributed by atoms with Crippen molar-refractivity contribution < 1.29 is 4.79 Å². The van der Waals surface area contributed by atoms with Crippen molar-refractivity contribution >= 4 is 5.69 Å². The zero-order valence-electron chi connectivity index (χ0n) is 16.3. The summed E-state index contributed by atoms with van der Waals surface area (Å²) in [5.41, 5.74) is 10.7. The van der Waals surface area contributed by atoms with Crippen LogP contribution < -0.4 is 4.79 Å². The monoisotopic (exact) mass is 388 g/mol. The van der Waals surface area contributed by atoms with Crippen LogP contribution in [0.15, 0.2) is 121 Å². The van der Waals surface area contributed by atoms with Gasteiger partial charge in [0.25, 0.3) is 0 Å². The van der Waals surface area contributed by atoms with Gasteiger partial charge in [0.15, 0.2) is 5.69 Å². The maximum atomic E-state index is 5.01. The van der Waals surface area contributed by atoms with E-state index >= 15 is 0 Å². The van der Waals surface area contributed by atoms with Crippen LogP contribution in [0.5, 0.6) is 0 Å². The van der Waals surface area contributed by atoms with Gasteiger partial charge in [-0.15, -0.1) is 4.80 Å². The van der Waals surface area contributed by atoms with Crippen molar-refractivity contribution in [3.05, 3.63) is 127 Å². The minimum atomic E-state index is 0.858. The standard InChI is InChI=1S/C26H20N4/c1-5-13-21(14-6-1)25-26(22-15-7-2-8-16-22)30(27-23-17-9-3-10-18-23)29(28-25)24-19-11-4-12-20-24/h1-20H. The first-order valence-corrected chi connectivity index (χ1v) is 9.89. The molecule has 0 fully saturated rings. The highest BCUT2D eigenvalue weighted by molar-refractivity contribution is 5.76. The molecule has 0 saturated heterocycles. The number of para-hydroxylation sites is 1. The summed E-state index contributed by atoms with van der Waals surface area (Å²) in [6, 6.07) is 40.6. The Kier molecular flexibility index (Phi) is 4.80. The van der Waals surface area contributed by atoms with Crippen molar-refractivity contribution in [2.75, 3.05) is 0 Å². The molecule has 0 atom stereocenters. The largest absolute Gasteiger partial charge is 0.271 e. The summed E-state index contributed by atoms with van der Waals surface area (Å²) in [6.45, 7) is 0. The molecule has 0 spiro atoms. The average molecular weight is 388 g/mol. The van der Waals surface area contributed by atoms with Crippen LogP contribution in [0.3, 0.4) is 0 Å². The highest BCUT2D eigenvalue weighted by Crippen LogP contribution is 2.30. The van der Waals surface area contributed by atoms with E-state index in [0.717, 1.165) is 33.9 Å².